The molecule has 0 aromatic heterocycles. The van der Waals surface area contributed by atoms with Crippen molar-refractivity contribution in [2.24, 2.45) is 5.92 Å². The Hall–Kier alpha value is -1.84. The maximum atomic E-state index is 12.2. The summed E-state index contributed by atoms with van der Waals surface area (Å²) in [5.74, 6) is 0.555. The van der Waals surface area contributed by atoms with Crippen LogP contribution < -0.4 is 0 Å². The van der Waals surface area contributed by atoms with E-state index in [2.05, 4.69) is 6.07 Å². The second kappa shape index (κ2) is 5.36. The average molecular weight is 315 g/mol. The van der Waals surface area contributed by atoms with E-state index in [0.29, 0.717) is 12.5 Å². The quantitative estimate of drug-likeness (QED) is 0.780. The number of carbonyl (C=O) groups is 2. The largest absolute Gasteiger partial charge is 0.444 e. The molecule has 1 aliphatic heterocycles. The summed E-state index contributed by atoms with van der Waals surface area (Å²) >= 11 is 0. The van der Waals surface area contributed by atoms with E-state index in [1.165, 1.54) is 5.56 Å². The summed E-state index contributed by atoms with van der Waals surface area (Å²) in [4.78, 5) is 26.0. The molecule has 0 bridgehead atoms. The number of ether oxygens (including phenoxy) is 1. The van der Waals surface area contributed by atoms with Gasteiger partial charge in [-0.15, -0.1) is 0 Å². The summed E-state index contributed by atoms with van der Waals surface area (Å²) in [5, 5.41) is 0. The van der Waals surface area contributed by atoms with Crippen molar-refractivity contribution >= 4 is 11.9 Å². The second-order valence-corrected chi connectivity index (χ2v) is 7.84. The number of hydrogen-bond acceptors (Lipinski definition) is 3. The number of nitrogens with zero attached hydrogens (tertiary/aromatic N) is 1. The van der Waals surface area contributed by atoms with Crippen molar-refractivity contribution in [2.75, 3.05) is 13.1 Å². The molecule has 124 valence electrons. The third-order valence-electron chi connectivity index (χ3n) is 5.00. The lowest BCUT2D eigenvalue weighted by Crippen LogP contribution is -2.43. The SMILES string of the molecule is CC(=O)c1ccccc1C12CCN(C(=O)OC(C)(C)C)CC1C2. The van der Waals surface area contributed by atoms with E-state index in [0.717, 1.165) is 24.9 Å². The van der Waals surface area contributed by atoms with Gasteiger partial charge in [-0.05, 0) is 52.0 Å². The molecule has 1 aromatic carbocycles. The van der Waals surface area contributed by atoms with Gasteiger partial charge < -0.3 is 9.64 Å². The van der Waals surface area contributed by atoms with Crippen LogP contribution in [0.25, 0.3) is 0 Å². The van der Waals surface area contributed by atoms with E-state index in [9.17, 15) is 9.59 Å². The lowest BCUT2D eigenvalue weighted by atomic mass is 9.83. The molecule has 2 atom stereocenters. The highest BCUT2D eigenvalue weighted by atomic mass is 16.6. The highest BCUT2D eigenvalue weighted by molar-refractivity contribution is 5.96. The van der Waals surface area contributed by atoms with Crippen LogP contribution in [0.15, 0.2) is 24.3 Å². The summed E-state index contributed by atoms with van der Waals surface area (Å²) in [6.45, 7) is 8.71. The summed E-state index contributed by atoms with van der Waals surface area (Å²) in [6, 6.07) is 7.93. The first-order valence-electron chi connectivity index (χ1n) is 8.31. The summed E-state index contributed by atoms with van der Waals surface area (Å²) in [7, 11) is 0. The Morgan fingerprint density at radius 2 is 1.96 bits per heavy atom. The van der Waals surface area contributed by atoms with E-state index < -0.39 is 5.60 Å². The molecule has 2 unspecified atom stereocenters. The van der Waals surface area contributed by atoms with E-state index in [-0.39, 0.29) is 17.3 Å². The Bertz CT molecular complexity index is 646. The molecule has 1 aromatic rings. The number of ketones is 1. The van der Waals surface area contributed by atoms with E-state index in [4.69, 9.17) is 4.74 Å². The maximum absolute atomic E-state index is 12.2. The first-order chi connectivity index (χ1) is 10.7. The monoisotopic (exact) mass is 315 g/mol. The van der Waals surface area contributed by atoms with Crippen LogP contribution in [-0.4, -0.2) is 35.5 Å². The third kappa shape index (κ3) is 2.99. The van der Waals surface area contributed by atoms with Crippen molar-refractivity contribution in [3.63, 3.8) is 0 Å². The number of rotatable bonds is 2. The molecule has 3 rings (SSSR count). The first kappa shape index (κ1) is 16.0. The van der Waals surface area contributed by atoms with Crippen LogP contribution in [0.2, 0.25) is 0 Å². The maximum Gasteiger partial charge on any atom is 0.410 e. The molecule has 0 radical (unpaired) electrons. The molecule has 2 fully saturated rings. The Balaban J connectivity index is 1.74. The van der Waals surface area contributed by atoms with Gasteiger partial charge in [-0.1, -0.05) is 24.3 Å². The molecule has 1 saturated heterocycles. The van der Waals surface area contributed by atoms with E-state index >= 15 is 0 Å². The van der Waals surface area contributed by atoms with Gasteiger partial charge >= 0.3 is 6.09 Å². The van der Waals surface area contributed by atoms with Gasteiger partial charge in [0.05, 0.1) is 0 Å². The zero-order chi connectivity index (χ0) is 16.8. The first-order valence-corrected chi connectivity index (χ1v) is 8.31. The van der Waals surface area contributed by atoms with Gasteiger partial charge in [0, 0.05) is 24.1 Å². The van der Waals surface area contributed by atoms with Crippen LogP contribution in [0.1, 0.15) is 56.5 Å². The number of hydrogen-bond donors (Lipinski definition) is 0. The molecule has 4 nitrogen and oxygen atoms in total. The number of amides is 1. The Kier molecular flexibility index (Phi) is 3.74. The fourth-order valence-electron chi connectivity index (χ4n) is 3.80. The smallest absolute Gasteiger partial charge is 0.410 e. The molecule has 4 heteroatoms. The Morgan fingerprint density at radius 1 is 1.26 bits per heavy atom. The standard InChI is InChI=1S/C19H25NO3/c1-13(21)15-7-5-6-8-16(15)19-9-10-20(12-14(19)11-19)17(22)23-18(2,3)4/h5-8,14H,9-12H2,1-4H3. The number of carbonyl (C=O) groups excluding carboxylic acids is 2. The minimum absolute atomic E-state index is 0.0841. The van der Waals surface area contributed by atoms with Crippen molar-refractivity contribution in [3.05, 3.63) is 35.4 Å². The highest BCUT2D eigenvalue weighted by Gasteiger charge is 2.59. The molecule has 0 spiro atoms. The van der Waals surface area contributed by atoms with Crippen molar-refractivity contribution in [3.8, 4) is 0 Å². The average Bonchev–Trinajstić information content (AvgIpc) is 3.20. The van der Waals surface area contributed by atoms with Crippen molar-refractivity contribution in [1.82, 2.24) is 4.90 Å². The molecule has 1 aliphatic carbocycles. The molecule has 0 N–H and O–H groups in total. The summed E-state index contributed by atoms with van der Waals surface area (Å²) in [6.07, 6.45) is 1.73. The van der Waals surface area contributed by atoms with Gasteiger partial charge in [0.1, 0.15) is 5.60 Å². The Labute approximate surface area is 137 Å². The number of likely N-dealkylation sites (tertiary alicyclic amines) is 1. The van der Waals surface area contributed by atoms with Crippen LogP contribution >= 0.6 is 0 Å². The number of fused-ring (bicyclic) bond motifs is 1. The van der Waals surface area contributed by atoms with E-state index in [1.54, 1.807) is 6.92 Å². The lowest BCUT2D eigenvalue weighted by Gasteiger charge is -2.34. The molecular weight excluding hydrogens is 290 g/mol. The third-order valence-corrected chi connectivity index (χ3v) is 5.00. The van der Waals surface area contributed by atoms with E-state index in [1.807, 2.05) is 43.9 Å². The summed E-state index contributed by atoms with van der Waals surface area (Å²) in [5.41, 5.74) is 1.62. The van der Waals surface area contributed by atoms with Crippen LogP contribution in [0.4, 0.5) is 4.79 Å². The van der Waals surface area contributed by atoms with Gasteiger partial charge in [0.15, 0.2) is 5.78 Å². The van der Waals surface area contributed by atoms with Gasteiger partial charge in [0.2, 0.25) is 0 Å². The minimum atomic E-state index is -0.462. The number of piperidine rings is 1. The summed E-state index contributed by atoms with van der Waals surface area (Å²) < 4.78 is 5.48. The number of benzene rings is 1. The topological polar surface area (TPSA) is 46.6 Å². The van der Waals surface area contributed by atoms with Crippen LogP contribution in [0.5, 0.6) is 0 Å². The highest BCUT2D eigenvalue weighted by Crippen LogP contribution is 2.60. The van der Waals surface area contributed by atoms with Crippen LogP contribution in [-0.2, 0) is 10.2 Å². The van der Waals surface area contributed by atoms with Crippen molar-refractivity contribution in [2.45, 2.75) is 51.6 Å². The molecule has 1 heterocycles. The molecule has 1 amide bonds. The fourth-order valence-corrected chi connectivity index (χ4v) is 3.80. The normalized spacial score (nSPS) is 26.4. The second-order valence-electron chi connectivity index (χ2n) is 7.84. The van der Waals surface area contributed by atoms with Crippen molar-refractivity contribution in [1.29, 1.82) is 0 Å². The molecule has 2 aliphatic rings. The zero-order valence-corrected chi connectivity index (χ0v) is 14.4. The predicted octanol–water partition coefficient (Wildman–Crippen LogP) is 3.79. The molecular formula is C19H25NO3. The van der Waals surface area contributed by atoms with Gasteiger partial charge in [-0.2, -0.15) is 0 Å². The van der Waals surface area contributed by atoms with Crippen molar-refractivity contribution < 1.29 is 14.3 Å². The molecule has 23 heavy (non-hydrogen) atoms. The van der Waals surface area contributed by atoms with Gasteiger partial charge in [-0.3, -0.25) is 4.79 Å². The Morgan fingerprint density at radius 3 is 2.57 bits per heavy atom. The molecule has 1 saturated carbocycles. The van der Waals surface area contributed by atoms with Crippen LogP contribution in [0.3, 0.4) is 0 Å². The van der Waals surface area contributed by atoms with Gasteiger partial charge in [-0.25, -0.2) is 4.79 Å². The lowest BCUT2D eigenvalue weighted by molar-refractivity contribution is 0.0198. The number of Topliss-reactive ketones (excluding diaryl/α,β-unsaturated/α-hetero) is 1. The fraction of sp³-hybridized carbons (Fsp3) is 0.579. The zero-order valence-electron chi connectivity index (χ0n) is 14.4. The predicted molar refractivity (Wildman–Crippen MR) is 88.7 cm³/mol. The minimum Gasteiger partial charge on any atom is -0.444 e. The van der Waals surface area contributed by atoms with Gasteiger partial charge in [0.25, 0.3) is 0 Å². The van der Waals surface area contributed by atoms with Crippen LogP contribution in [0, 0.1) is 5.92 Å².